The van der Waals surface area contributed by atoms with Crippen LogP contribution in [0, 0.1) is 0 Å². The molecule has 0 aliphatic carbocycles. The number of aliphatic hydroxyl groups is 1. The van der Waals surface area contributed by atoms with Crippen molar-refractivity contribution in [1.82, 2.24) is 10.2 Å². The molecule has 0 radical (unpaired) electrons. The third-order valence-electron chi connectivity index (χ3n) is 2.88. The van der Waals surface area contributed by atoms with E-state index in [0.717, 1.165) is 36.8 Å². The standard InChI is InChI=1S/C14H24ClN3OS/c1-4-6-9-18(3)14(16-5-2)17-10-11(19)12-7-8-13(15)20-12/h7-8,11,19H,4-6,9-10H2,1-3H3,(H,16,17). The van der Waals surface area contributed by atoms with Gasteiger partial charge in [0.05, 0.1) is 10.9 Å². The fourth-order valence-electron chi connectivity index (χ4n) is 1.74. The van der Waals surface area contributed by atoms with Gasteiger partial charge < -0.3 is 15.3 Å². The summed E-state index contributed by atoms with van der Waals surface area (Å²) in [5.74, 6) is 0.836. The van der Waals surface area contributed by atoms with Crippen LogP contribution in [0.25, 0.3) is 0 Å². The number of aliphatic hydroxyl groups excluding tert-OH is 1. The van der Waals surface area contributed by atoms with E-state index in [0.29, 0.717) is 10.9 Å². The first-order valence-electron chi connectivity index (χ1n) is 7.01. The molecule has 1 rings (SSSR count). The Bertz CT molecular complexity index is 422. The van der Waals surface area contributed by atoms with E-state index in [2.05, 4.69) is 22.1 Å². The zero-order chi connectivity index (χ0) is 15.0. The van der Waals surface area contributed by atoms with Crippen LogP contribution in [0.1, 0.15) is 37.7 Å². The van der Waals surface area contributed by atoms with Gasteiger partial charge in [0.1, 0.15) is 6.10 Å². The molecule has 114 valence electrons. The molecule has 0 aromatic carbocycles. The Morgan fingerprint density at radius 3 is 2.80 bits per heavy atom. The van der Waals surface area contributed by atoms with E-state index in [1.165, 1.54) is 11.3 Å². The predicted octanol–water partition coefficient (Wildman–Crippen LogP) is 3.13. The Hall–Kier alpha value is -0.780. The maximum absolute atomic E-state index is 10.1. The van der Waals surface area contributed by atoms with Gasteiger partial charge in [0, 0.05) is 25.0 Å². The second-order valence-electron chi connectivity index (χ2n) is 4.63. The van der Waals surface area contributed by atoms with Gasteiger partial charge in [-0.1, -0.05) is 24.9 Å². The van der Waals surface area contributed by atoms with Crippen molar-refractivity contribution < 1.29 is 5.11 Å². The summed E-state index contributed by atoms with van der Waals surface area (Å²) in [6, 6.07) is 3.65. The van der Waals surface area contributed by atoms with Crippen LogP contribution in [0.15, 0.2) is 17.1 Å². The summed E-state index contributed by atoms with van der Waals surface area (Å²) in [6.45, 7) is 6.33. The molecule has 0 saturated heterocycles. The third-order valence-corrected chi connectivity index (χ3v) is 4.21. The van der Waals surface area contributed by atoms with Crippen molar-refractivity contribution >= 4 is 28.9 Å². The van der Waals surface area contributed by atoms with Gasteiger partial charge in [-0.3, -0.25) is 4.99 Å². The smallest absolute Gasteiger partial charge is 0.193 e. The number of guanidine groups is 1. The van der Waals surface area contributed by atoms with E-state index in [-0.39, 0.29) is 0 Å². The van der Waals surface area contributed by atoms with Crippen molar-refractivity contribution in [2.75, 3.05) is 26.7 Å². The summed E-state index contributed by atoms with van der Waals surface area (Å²) < 4.78 is 0.690. The van der Waals surface area contributed by atoms with E-state index in [4.69, 9.17) is 11.6 Å². The average Bonchev–Trinajstić information content (AvgIpc) is 2.87. The highest BCUT2D eigenvalue weighted by molar-refractivity contribution is 7.16. The van der Waals surface area contributed by atoms with Gasteiger partial charge in [0.2, 0.25) is 0 Å². The highest BCUT2D eigenvalue weighted by Crippen LogP contribution is 2.26. The third kappa shape index (κ3) is 5.69. The van der Waals surface area contributed by atoms with Crippen molar-refractivity contribution in [2.45, 2.75) is 32.8 Å². The molecule has 0 fully saturated rings. The number of hydrogen-bond acceptors (Lipinski definition) is 3. The van der Waals surface area contributed by atoms with Crippen molar-refractivity contribution in [2.24, 2.45) is 4.99 Å². The number of unbranched alkanes of at least 4 members (excludes halogenated alkanes) is 1. The van der Waals surface area contributed by atoms with Gasteiger partial charge in [0.25, 0.3) is 0 Å². The molecule has 1 atom stereocenters. The molecule has 0 bridgehead atoms. The van der Waals surface area contributed by atoms with Gasteiger partial charge >= 0.3 is 0 Å². The largest absolute Gasteiger partial charge is 0.386 e. The summed E-state index contributed by atoms with van der Waals surface area (Å²) in [6.07, 6.45) is 1.69. The van der Waals surface area contributed by atoms with Gasteiger partial charge in [-0.05, 0) is 25.5 Å². The molecule has 0 amide bonds. The number of thiophene rings is 1. The summed E-state index contributed by atoms with van der Waals surface area (Å²) in [4.78, 5) is 7.45. The highest BCUT2D eigenvalue weighted by Gasteiger charge is 2.11. The van der Waals surface area contributed by atoms with E-state index in [1.807, 2.05) is 20.0 Å². The fourth-order valence-corrected chi connectivity index (χ4v) is 2.78. The minimum atomic E-state index is -0.597. The number of halogens is 1. The highest BCUT2D eigenvalue weighted by atomic mass is 35.5. The summed E-state index contributed by atoms with van der Waals surface area (Å²) in [7, 11) is 2.02. The number of aliphatic imine (C=N–C) groups is 1. The van der Waals surface area contributed by atoms with Crippen molar-refractivity contribution in [3.63, 3.8) is 0 Å². The minimum Gasteiger partial charge on any atom is -0.386 e. The normalized spacial score (nSPS) is 13.3. The van der Waals surface area contributed by atoms with Crippen molar-refractivity contribution in [3.8, 4) is 0 Å². The minimum absolute atomic E-state index is 0.343. The van der Waals surface area contributed by atoms with Crippen LogP contribution in [0.3, 0.4) is 0 Å². The van der Waals surface area contributed by atoms with Crippen LogP contribution >= 0.6 is 22.9 Å². The number of nitrogens with zero attached hydrogens (tertiary/aromatic N) is 2. The zero-order valence-corrected chi connectivity index (χ0v) is 14.0. The monoisotopic (exact) mass is 317 g/mol. The summed E-state index contributed by atoms with van der Waals surface area (Å²) >= 11 is 7.27. The lowest BCUT2D eigenvalue weighted by molar-refractivity contribution is 0.190. The van der Waals surface area contributed by atoms with Gasteiger partial charge in [-0.2, -0.15) is 0 Å². The Balaban J connectivity index is 2.61. The molecule has 2 N–H and O–H groups in total. The molecule has 0 aliphatic heterocycles. The zero-order valence-electron chi connectivity index (χ0n) is 12.4. The predicted molar refractivity (Wildman–Crippen MR) is 87.8 cm³/mol. The van der Waals surface area contributed by atoms with Crippen molar-refractivity contribution in [3.05, 3.63) is 21.3 Å². The molecular weight excluding hydrogens is 294 g/mol. The second-order valence-corrected chi connectivity index (χ2v) is 6.37. The first-order valence-corrected chi connectivity index (χ1v) is 8.20. The molecule has 1 aromatic heterocycles. The first-order chi connectivity index (χ1) is 9.58. The molecule has 1 aromatic rings. The lowest BCUT2D eigenvalue weighted by Crippen LogP contribution is -2.39. The maximum Gasteiger partial charge on any atom is 0.193 e. The molecule has 6 heteroatoms. The van der Waals surface area contributed by atoms with E-state index < -0.39 is 6.10 Å². The van der Waals surface area contributed by atoms with Gasteiger partial charge in [-0.25, -0.2) is 0 Å². The Morgan fingerprint density at radius 1 is 1.50 bits per heavy atom. The molecule has 20 heavy (non-hydrogen) atoms. The Kier molecular flexibility index (Phi) is 7.95. The Labute approximate surface area is 130 Å². The molecular formula is C14H24ClN3OS. The molecule has 0 spiro atoms. The first kappa shape index (κ1) is 17.3. The molecule has 1 unspecified atom stereocenters. The van der Waals surface area contributed by atoms with Crippen LogP contribution in [-0.2, 0) is 0 Å². The average molecular weight is 318 g/mol. The van der Waals surface area contributed by atoms with Crippen LogP contribution in [0.2, 0.25) is 4.34 Å². The summed E-state index contributed by atoms with van der Waals surface area (Å²) in [5.41, 5.74) is 0. The molecule has 1 heterocycles. The maximum atomic E-state index is 10.1. The quantitative estimate of drug-likeness (QED) is 0.600. The van der Waals surface area contributed by atoms with Crippen LogP contribution in [0.4, 0.5) is 0 Å². The lowest BCUT2D eigenvalue weighted by Gasteiger charge is -2.22. The van der Waals surface area contributed by atoms with E-state index in [1.54, 1.807) is 6.07 Å². The van der Waals surface area contributed by atoms with Gasteiger partial charge in [-0.15, -0.1) is 11.3 Å². The van der Waals surface area contributed by atoms with Crippen LogP contribution in [0.5, 0.6) is 0 Å². The number of rotatable bonds is 7. The van der Waals surface area contributed by atoms with E-state index >= 15 is 0 Å². The van der Waals surface area contributed by atoms with E-state index in [9.17, 15) is 5.11 Å². The summed E-state index contributed by atoms with van der Waals surface area (Å²) in [5, 5.41) is 13.4. The second kappa shape index (κ2) is 9.21. The number of hydrogen-bond donors (Lipinski definition) is 2. The molecule has 0 aliphatic rings. The lowest BCUT2D eigenvalue weighted by atomic mass is 10.3. The number of nitrogens with one attached hydrogen (secondary N) is 1. The SMILES string of the molecule is CCCCN(C)C(=NCC(O)c1ccc(Cl)s1)NCC. The molecule has 4 nitrogen and oxygen atoms in total. The molecule has 0 saturated carbocycles. The van der Waals surface area contributed by atoms with Crippen LogP contribution < -0.4 is 5.32 Å². The fraction of sp³-hybridized carbons (Fsp3) is 0.643. The Morgan fingerprint density at radius 2 is 2.25 bits per heavy atom. The van der Waals surface area contributed by atoms with Crippen LogP contribution in [-0.4, -0.2) is 42.6 Å². The van der Waals surface area contributed by atoms with Gasteiger partial charge in [0.15, 0.2) is 5.96 Å². The topological polar surface area (TPSA) is 47.9 Å². The van der Waals surface area contributed by atoms with Crippen molar-refractivity contribution in [1.29, 1.82) is 0 Å².